The molecule has 2 aliphatic heterocycles. The molecule has 2 saturated heterocycles. The van der Waals surface area contributed by atoms with Gasteiger partial charge < -0.3 is 36.1 Å². The number of nitrogens with two attached hydrogens (primary N) is 1. The van der Waals surface area contributed by atoms with Crippen molar-refractivity contribution < 1.29 is 23.1 Å². The van der Waals surface area contributed by atoms with Gasteiger partial charge in [0.25, 0.3) is 5.91 Å². The SMILES string of the molecule is COC(O)Nc1ccc(-c2[nH]c([C@@H]3C[C@H](C4CCN(S(C)(=O)=O)CC4)CN3C(=O)c3ccc(NC(=N)N)cc3)nc2Cl)cc1. The number of aliphatic hydroxyl groups excluding tert-OH is 1. The molecule has 44 heavy (non-hydrogen) atoms. The van der Waals surface area contributed by atoms with E-state index in [0.29, 0.717) is 54.5 Å². The lowest BCUT2D eigenvalue weighted by Crippen LogP contribution is -2.40. The molecule has 5 rings (SSSR count). The summed E-state index contributed by atoms with van der Waals surface area (Å²) in [5.41, 5.74) is 8.56. The molecular weight excluding hydrogens is 608 g/mol. The number of H-pyrrole nitrogens is 1. The number of anilines is 2. The zero-order chi connectivity index (χ0) is 31.6. The van der Waals surface area contributed by atoms with Gasteiger partial charge in [0.05, 0.1) is 18.0 Å². The predicted octanol–water partition coefficient (Wildman–Crippen LogP) is 3.24. The quantitative estimate of drug-likeness (QED) is 0.115. The largest absolute Gasteiger partial charge is 0.370 e. The summed E-state index contributed by atoms with van der Waals surface area (Å²) in [6, 6.07) is 13.6. The molecule has 2 aliphatic rings. The number of nitrogens with one attached hydrogen (secondary N) is 4. The fourth-order valence-electron chi connectivity index (χ4n) is 6.04. The summed E-state index contributed by atoms with van der Waals surface area (Å²) < 4.78 is 30.5. The summed E-state index contributed by atoms with van der Waals surface area (Å²) in [7, 11) is -1.86. The number of halogens is 1. The van der Waals surface area contributed by atoms with Crippen molar-refractivity contribution in [1.29, 1.82) is 5.41 Å². The number of hydrogen-bond donors (Lipinski definition) is 6. The molecular formula is C29H37ClN8O5S. The Morgan fingerprint density at radius 3 is 2.36 bits per heavy atom. The molecule has 0 spiro atoms. The monoisotopic (exact) mass is 644 g/mol. The molecule has 236 valence electrons. The topological polar surface area (TPSA) is 190 Å². The van der Waals surface area contributed by atoms with Crippen LogP contribution in [0.25, 0.3) is 11.3 Å². The van der Waals surface area contributed by atoms with Crippen LogP contribution in [0.2, 0.25) is 5.15 Å². The van der Waals surface area contributed by atoms with E-state index in [9.17, 15) is 18.3 Å². The molecule has 3 atom stereocenters. The van der Waals surface area contributed by atoms with Gasteiger partial charge >= 0.3 is 0 Å². The van der Waals surface area contributed by atoms with E-state index in [0.717, 1.165) is 18.4 Å². The molecule has 0 saturated carbocycles. The van der Waals surface area contributed by atoms with Crippen molar-refractivity contribution in [3.05, 3.63) is 65.1 Å². The fraction of sp³-hybridized carbons (Fsp3) is 0.414. The molecule has 15 heteroatoms. The van der Waals surface area contributed by atoms with Crippen LogP contribution in [0.15, 0.2) is 48.5 Å². The van der Waals surface area contributed by atoms with Gasteiger partial charge in [0.2, 0.25) is 16.4 Å². The van der Waals surface area contributed by atoms with Crippen LogP contribution in [0.3, 0.4) is 0 Å². The van der Waals surface area contributed by atoms with Gasteiger partial charge in [-0.1, -0.05) is 23.7 Å². The number of ether oxygens (including phenoxy) is 1. The molecule has 0 bridgehead atoms. The van der Waals surface area contributed by atoms with Gasteiger partial charge in [0.1, 0.15) is 5.82 Å². The first-order valence-electron chi connectivity index (χ1n) is 14.2. The number of sulfonamides is 1. The number of rotatable bonds is 9. The first kappa shape index (κ1) is 31.7. The van der Waals surface area contributed by atoms with Crippen LogP contribution in [-0.2, 0) is 14.8 Å². The number of aromatic amines is 1. The lowest BCUT2D eigenvalue weighted by atomic mass is 9.83. The number of likely N-dealkylation sites (tertiary alicyclic amines) is 1. The number of amides is 1. The van der Waals surface area contributed by atoms with Crippen LogP contribution >= 0.6 is 11.6 Å². The molecule has 3 aromatic rings. The van der Waals surface area contributed by atoms with Crippen LogP contribution < -0.4 is 16.4 Å². The van der Waals surface area contributed by atoms with E-state index >= 15 is 0 Å². The summed E-state index contributed by atoms with van der Waals surface area (Å²) >= 11 is 6.63. The van der Waals surface area contributed by atoms with Crippen LogP contribution in [-0.4, -0.2) is 84.0 Å². The average Bonchev–Trinajstić information content (AvgIpc) is 3.61. The number of imidazole rings is 1. The molecule has 13 nitrogen and oxygen atoms in total. The second-order valence-corrected chi connectivity index (χ2v) is 13.5. The number of carbonyl (C=O) groups excluding carboxylic acids is 1. The first-order valence-corrected chi connectivity index (χ1v) is 16.5. The third kappa shape index (κ3) is 7.16. The van der Waals surface area contributed by atoms with Crippen LogP contribution in [0.5, 0.6) is 0 Å². The maximum Gasteiger partial charge on any atom is 0.254 e. The Labute approximate surface area is 261 Å². The lowest BCUT2D eigenvalue weighted by molar-refractivity contribution is -0.0509. The number of aliphatic hydroxyl groups is 1. The van der Waals surface area contributed by atoms with E-state index in [2.05, 4.69) is 20.6 Å². The Hall–Kier alpha value is -3.69. The molecule has 0 radical (unpaired) electrons. The number of carbonyl (C=O) groups is 1. The number of aromatic nitrogens is 2. The Bertz CT molecular complexity index is 1590. The first-order chi connectivity index (χ1) is 20.9. The minimum Gasteiger partial charge on any atom is -0.370 e. The van der Waals surface area contributed by atoms with E-state index in [1.807, 2.05) is 17.0 Å². The predicted molar refractivity (Wildman–Crippen MR) is 169 cm³/mol. The van der Waals surface area contributed by atoms with Gasteiger partial charge in [-0.3, -0.25) is 10.2 Å². The van der Waals surface area contributed by atoms with E-state index in [1.165, 1.54) is 17.7 Å². The second kappa shape index (κ2) is 13.1. The smallest absolute Gasteiger partial charge is 0.254 e. The highest BCUT2D eigenvalue weighted by Crippen LogP contribution is 2.43. The molecule has 3 heterocycles. The normalized spacial score (nSPS) is 20.4. The van der Waals surface area contributed by atoms with E-state index < -0.39 is 16.4 Å². The standard InChI is InChI=1S/C29H37ClN8O5S/c1-43-29(40)34-22-7-3-18(4-8-22)24-25(30)36-26(35-24)23-15-20(17-11-13-37(14-12-17)44(2,41)42)16-38(23)27(39)19-5-9-21(10-6-19)33-28(31)32/h3-10,17,20,23,29,34,40H,11-16H2,1-2H3,(H,35,36)(H4,31,32,33)/t20-,23-,29?/m0/s1. The van der Waals surface area contributed by atoms with Crippen molar-refractivity contribution in [2.45, 2.75) is 31.7 Å². The number of benzene rings is 2. The lowest BCUT2D eigenvalue weighted by Gasteiger charge is -2.33. The Kier molecular flexibility index (Phi) is 9.46. The van der Waals surface area contributed by atoms with Gasteiger partial charge in [0.15, 0.2) is 11.1 Å². The van der Waals surface area contributed by atoms with Crippen LogP contribution in [0.1, 0.15) is 41.5 Å². The van der Waals surface area contributed by atoms with Crippen molar-refractivity contribution in [2.24, 2.45) is 17.6 Å². The second-order valence-electron chi connectivity index (χ2n) is 11.2. The molecule has 0 aliphatic carbocycles. The Balaban J connectivity index is 1.40. The Morgan fingerprint density at radius 1 is 1.14 bits per heavy atom. The fourth-order valence-corrected chi connectivity index (χ4v) is 7.16. The summed E-state index contributed by atoms with van der Waals surface area (Å²) in [6.07, 6.45) is 2.20. The zero-order valence-corrected chi connectivity index (χ0v) is 26.0. The highest BCUT2D eigenvalue weighted by atomic mass is 35.5. The number of hydrogen-bond acceptors (Lipinski definition) is 8. The van der Waals surface area contributed by atoms with Gasteiger partial charge in [-0.2, -0.15) is 0 Å². The average molecular weight is 645 g/mol. The van der Waals surface area contributed by atoms with Crippen LogP contribution in [0.4, 0.5) is 11.4 Å². The van der Waals surface area contributed by atoms with Crippen molar-refractivity contribution in [3.8, 4) is 11.3 Å². The Morgan fingerprint density at radius 2 is 1.77 bits per heavy atom. The van der Waals surface area contributed by atoms with Gasteiger partial charge in [0, 0.05) is 49.2 Å². The summed E-state index contributed by atoms with van der Waals surface area (Å²) in [6.45, 7) is 1.43. The number of nitrogens with zero attached hydrogens (tertiary/aromatic N) is 3. The summed E-state index contributed by atoms with van der Waals surface area (Å²) in [4.78, 5) is 23.8. The van der Waals surface area contributed by atoms with Gasteiger partial charge in [-0.25, -0.2) is 17.7 Å². The molecule has 7 N–H and O–H groups in total. The minimum absolute atomic E-state index is 0.147. The third-order valence-corrected chi connectivity index (χ3v) is 9.90. The van der Waals surface area contributed by atoms with Crippen molar-refractivity contribution in [3.63, 3.8) is 0 Å². The third-order valence-electron chi connectivity index (χ3n) is 8.32. The number of guanidine groups is 1. The molecule has 2 aromatic carbocycles. The number of piperidine rings is 1. The highest BCUT2D eigenvalue weighted by molar-refractivity contribution is 7.88. The summed E-state index contributed by atoms with van der Waals surface area (Å²) in [5.74, 6) is 0.609. The van der Waals surface area contributed by atoms with E-state index in [-0.39, 0.29) is 34.9 Å². The van der Waals surface area contributed by atoms with Crippen LogP contribution in [0, 0.1) is 17.2 Å². The molecule has 1 amide bonds. The number of methoxy groups -OCH3 is 1. The molecule has 1 aromatic heterocycles. The maximum atomic E-state index is 13.9. The molecule has 2 fully saturated rings. The highest BCUT2D eigenvalue weighted by Gasteiger charge is 2.42. The summed E-state index contributed by atoms with van der Waals surface area (Å²) in [5, 5.41) is 22.9. The maximum absolute atomic E-state index is 13.9. The van der Waals surface area contributed by atoms with Crippen molar-refractivity contribution >= 4 is 44.9 Å². The van der Waals surface area contributed by atoms with Gasteiger partial charge in [-0.15, -0.1) is 0 Å². The van der Waals surface area contributed by atoms with Crippen molar-refractivity contribution in [2.75, 3.05) is 43.6 Å². The van der Waals surface area contributed by atoms with Crippen molar-refractivity contribution in [1.82, 2.24) is 19.2 Å². The van der Waals surface area contributed by atoms with Gasteiger partial charge in [-0.05, 0) is 67.5 Å². The zero-order valence-electron chi connectivity index (χ0n) is 24.5. The molecule has 1 unspecified atom stereocenters. The van der Waals surface area contributed by atoms with E-state index in [1.54, 1.807) is 36.4 Å². The van der Waals surface area contributed by atoms with E-state index in [4.69, 9.17) is 27.5 Å². The minimum atomic E-state index is -3.25.